The molecule has 0 aliphatic heterocycles. The van der Waals surface area contributed by atoms with E-state index in [1.54, 1.807) is 24.3 Å². The zero-order chi connectivity index (χ0) is 22.6. The van der Waals surface area contributed by atoms with Crippen molar-refractivity contribution >= 4 is 74.6 Å². The largest absolute Gasteiger partial charge is 0.484 e. The second-order valence-corrected chi connectivity index (χ2v) is 10.7. The third-order valence-electron chi connectivity index (χ3n) is 4.65. The summed E-state index contributed by atoms with van der Waals surface area (Å²) in [7, 11) is 1.32. The zero-order valence-corrected chi connectivity index (χ0v) is 20.3. The molecule has 0 radical (unpaired) electrons. The highest BCUT2D eigenvalue weighted by Gasteiger charge is 2.36. The van der Waals surface area contributed by atoms with Gasteiger partial charge in [0.2, 0.25) is 3.79 Å². The molecule has 11 heteroatoms. The number of hydrogen-bond donors (Lipinski definition) is 2. The van der Waals surface area contributed by atoms with Gasteiger partial charge in [0, 0.05) is 9.90 Å². The van der Waals surface area contributed by atoms with Crippen LogP contribution in [0.5, 0.6) is 5.75 Å². The highest BCUT2D eigenvalue weighted by Crippen LogP contribution is 2.40. The summed E-state index contributed by atoms with van der Waals surface area (Å²) in [6.45, 7) is -0.300. The first-order valence-corrected chi connectivity index (χ1v) is 11.8. The number of esters is 1. The van der Waals surface area contributed by atoms with Gasteiger partial charge in [-0.1, -0.05) is 46.4 Å². The molecular formula is C20H20Cl4N2O4S. The Labute approximate surface area is 204 Å². The number of amides is 1. The summed E-state index contributed by atoms with van der Waals surface area (Å²) >= 11 is 25.6. The van der Waals surface area contributed by atoms with E-state index in [9.17, 15) is 9.59 Å². The molecule has 1 aromatic heterocycles. The molecule has 1 amide bonds. The summed E-state index contributed by atoms with van der Waals surface area (Å²) in [5, 5.41) is 6.67. The van der Waals surface area contributed by atoms with Crippen LogP contribution < -0.4 is 15.4 Å². The fourth-order valence-corrected chi connectivity index (χ4v) is 4.96. The van der Waals surface area contributed by atoms with E-state index in [0.717, 1.165) is 36.1 Å². The molecule has 1 atom stereocenters. The van der Waals surface area contributed by atoms with Gasteiger partial charge in [-0.15, -0.1) is 11.3 Å². The lowest BCUT2D eigenvalue weighted by molar-refractivity contribution is -0.123. The minimum atomic E-state index is -1.90. The summed E-state index contributed by atoms with van der Waals surface area (Å²) in [6.07, 6.45) is 2.56. The lowest BCUT2D eigenvalue weighted by atomic mass is 9.95. The van der Waals surface area contributed by atoms with Crippen LogP contribution in [0.4, 0.5) is 5.00 Å². The lowest BCUT2D eigenvalue weighted by Crippen LogP contribution is -2.50. The maximum Gasteiger partial charge on any atom is 0.341 e. The molecule has 1 aliphatic carbocycles. The number of alkyl halides is 3. The van der Waals surface area contributed by atoms with E-state index in [0.29, 0.717) is 21.3 Å². The molecule has 2 aromatic rings. The molecule has 3 rings (SSSR count). The zero-order valence-electron chi connectivity index (χ0n) is 16.5. The van der Waals surface area contributed by atoms with Crippen LogP contribution in [0.25, 0.3) is 0 Å². The first kappa shape index (κ1) is 24.3. The van der Waals surface area contributed by atoms with Crippen molar-refractivity contribution in [3.05, 3.63) is 45.3 Å². The van der Waals surface area contributed by atoms with Gasteiger partial charge >= 0.3 is 5.97 Å². The second kappa shape index (κ2) is 10.5. The van der Waals surface area contributed by atoms with E-state index in [-0.39, 0.29) is 6.61 Å². The Balaban J connectivity index is 1.74. The summed E-state index contributed by atoms with van der Waals surface area (Å²) in [5.41, 5.74) is 1.37. The molecule has 31 heavy (non-hydrogen) atoms. The average Bonchev–Trinajstić information content (AvgIpc) is 3.09. The number of ether oxygens (including phenoxy) is 2. The van der Waals surface area contributed by atoms with Crippen LogP contribution in [0.3, 0.4) is 0 Å². The first-order valence-electron chi connectivity index (χ1n) is 9.43. The molecule has 168 valence electrons. The predicted molar refractivity (Wildman–Crippen MR) is 125 cm³/mol. The highest BCUT2D eigenvalue weighted by atomic mass is 35.6. The SMILES string of the molecule is COC(=O)c1c(NC(NC(=O)COc2ccc(Cl)cc2)C(Cl)(Cl)Cl)sc2c1CCCC2. The third kappa shape index (κ3) is 6.33. The quantitative estimate of drug-likeness (QED) is 0.288. The van der Waals surface area contributed by atoms with Crippen LogP contribution in [-0.4, -0.2) is 35.6 Å². The highest BCUT2D eigenvalue weighted by molar-refractivity contribution is 7.16. The molecule has 2 N–H and O–H groups in total. The van der Waals surface area contributed by atoms with Crippen LogP contribution in [0.2, 0.25) is 5.02 Å². The fraction of sp³-hybridized carbons (Fsp3) is 0.400. The van der Waals surface area contributed by atoms with Crippen molar-refractivity contribution in [2.75, 3.05) is 19.0 Å². The van der Waals surface area contributed by atoms with E-state index >= 15 is 0 Å². The number of carbonyl (C=O) groups excluding carboxylic acids is 2. The number of fused-ring (bicyclic) bond motifs is 1. The Kier molecular flexibility index (Phi) is 8.21. The molecule has 0 saturated carbocycles. The number of methoxy groups -OCH3 is 1. The molecule has 0 spiro atoms. The number of aryl methyl sites for hydroxylation is 1. The van der Waals surface area contributed by atoms with E-state index in [2.05, 4.69) is 10.6 Å². The van der Waals surface area contributed by atoms with Crippen molar-refractivity contribution in [3.63, 3.8) is 0 Å². The summed E-state index contributed by atoms with van der Waals surface area (Å²) in [6, 6.07) is 6.57. The Hall–Kier alpha value is -1.38. The number of nitrogens with one attached hydrogen (secondary N) is 2. The average molecular weight is 526 g/mol. The maximum atomic E-state index is 12.4. The summed E-state index contributed by atoms with van der Waals surface area (Å²) in [4.78, 5) is 26.0. The van der Waals surface area contributed by atoms with Gasteiger partial charge in [0.1, 0.15) is 16.9 Å². The molecular weight excluding hydrogens is 506 g/mol. The van der Waals surface area contributed by atoms with Gasteiger partial charge < -0.3 is 20.1 Å². The summed E-state index contributed by atoms with van der Waals surface area (Å²) < 4.78 is 8.50. The number of rotatable bonds is 7. The standard InChI is InChI=1S/C20H20Cl4N2O4S/c1-29-18(28)16-13-4-2-3-5-14(13)31-17(16)26-19(20(22,23)24)25-15(27)10-30-12-8-6-11(21)7-9-12/h6-9,19,26H,2-5,10H2,1H3,(H,25,27). The predicted octanol–water partition coefficient (Wildman–Crippen LogP) is 5.37. The third-order valence-corrected chi connectivity index (χ3v) is 6.78. The van der Waals surface area contributed by atoms with Crippen LogP contribution in [0, 0.1) is 0 Å². The molecule has 1 aliphatic rings. The van der Waals surface area contributed by atoms with E-state index in [1.165, 1.54) is 18.4 Å². The minimum Gasteiger partial charge on any atom is -0.484 e. The number of halogens is 4. The Morgan fingerprint density at radius 3 is 2.48 bits per heavy atom. The van der Waals surface area contributed by atoms with Crippen molar-refractivity contribution in [3.8, 4) is 5.75 Å². The Morgan fingerprint density at radius 1 is 1.16 bits per heavy atom. The van der Waals surface area contributed by atoms with Crippen LogP contribution in [0.15, 0.2) is 24.3 Å². The molecule has 6 nitrogen and oxygen atoms in total. The summed E-state index contributed by atoms with van der Waals surface area (Å²) in [5.74, 6) is -0.515. The van der Waals surface area contributed by atoms with Gasteiger partial charge in [-0.25, -0.2) is 4.79 Å². The number of thiophene rings is 1. The van der Waals surface area contributed by atoms with Gasteiger partial charge in [0.25, 0.3) is 5.91 Å². The maximum absolute atomic E-state index is 12.4. The number of hydrogen-bond acceptors (Lipinski definition) is 6. The minimum absolute atomic E-state index is 0.300. The van der Waals surface area contributed by atoms with Gasteiger partial charge in [-0.05, 0) is 55.5 Å². The van der Waals surface area contributed by atoms with Crippen LogP contribution in [0.1, 0.15) is 33.6 Å². The van der Waals surface area contributed by atoms with Crippen molar-refractivity contribution in [2.45, 2.75) is 35.6 Å². The Morgan fingerprint density at radius 2 is 1.84 bits per heavy atom. The van der Waals surface area contributed by atoms with E-state index in [4.69, 9.17) is 55.9 Å². The van der Waals surface area contributed by atoms with E-state index < -0.39 is 21.8 Å². The van der Waals surface area contributed by atoms with E-state index in [1.807, 2.05) is 0 Å². The van der Waals surface area contributed by atoms with Gasteiger partial charge in [0.05, 0.1) is 12.7 Å². The van der Waals surface area contributed by atoms with Crippen molar-refractivity contribution in [1.29, 1.82) is 0 Å². The molecule has 1 unspecified atom stereocenters. The topological polar surface area (TPSA) is 76.7 Å². The molecule has 1 heterocycles. The second-order valence-electron chi connectivity index (χ2n) is 6.84. The van der Waals surface area contributed by atoms with Crippen molar-refractivity contribution < 1.29 is 19.1 Å². The normalized spacial score (nSPS) is 14.4. The smallest absolute Gasteiger partial charge is 0.341 e. The van der Waals surface area contributed by atoms with Crippen LogP contribution >= 0.6 is 57.7 Å². The first-order chi connectivity index (χ1) is 14.7. The number of anilines is 1. The molecule has 0 fully saturated rings. The van der Waals surface area contributed by atoms with Crippen LogP contribution in [-0.2, 0) is 22.4 Å². The molecule has 0 bridgehead atoms. The molecule has 1 aromatic carbocycles. The fourth-order valence-electron chi connectivity index (χ4n) is 3.20. The monoisotopic (exact) mass is 524 g/mol. The number of carbonyl (C=O) groups is 2. The molecule has 0 saturated heterocycles. The lowest BCUT2D eigenvalue weighted by Gasteiger charge is -2.27. The van der Waals surface area contributed by atoms with Gasteiger partial charge in [0.15, 0.2) is 6.61 Å². The van der Waals surface area contributed by atoms with Crippen molar-refractivity contribution in [2.24, 2.45) is 0 Å². The number of benzene rings is 1. The van der Waals surface area contributed by atoms with Crippen molar-refractivity contribution in [1.82, 2.24) is 5.32 Å². The van der Waals surface area contributed by atoms with Gasteiger partial charge in [-0.3, -0.25) is 4.79 Å². The Bertz CT molecular complexity index is 944. The van der Waals surface area contributed by atoms with Gasteiger partial charge in [-0.2, -0.15) is 0 Å².